The molecule has 0 atom stereocenters. The molecule has 1 heterocycles. The van der Waals surface area contributed by atoms with Crippen molar-refractivity contribution in [1.29, 1.82) is 0 Å². The molecule has 2 N–H and O–H groups in total. The normalized spacial score (nSPS) is 24.2. The first-order valence-electron chi connectivity index (χ1n) is 11.8. The summed E-state index contributed by atoms with van der Waals surface area (Å²) in [6.45, 7) is 2.53. The van der Waals surface area contributed by atoms with Crippen molar-refractivity contribution in [3.63, 3.8) is 0 Å². The zero-order chi connectivity index (χ0) is 21.5. The number of halogens is 1. The van der Waals surface area contributed by atoms with Gasteiger partial charge in [-0.1, -0.05) is 18.2 Å². The minimum Gasteiger partial charge on any atom is -0.490 e. The summed E-state index contributed by atoms with van der Waals surface area (Å²) in [5.41, 5.74) is 1.16. The molecule has 1 aromatic rings. The van der Waals surface area contributed by atoms with Crippen molar-refractivity contribution in [2.24, 2.45) is 10.9 Å². The third-order valence-corrected chi connectivity index (χ3v) is 7.67. The number of hydrogen-bond donors (Lipinski definition) is 2. The van der Waals surface area contributed by atoms with E-state index in [0.717, 1.165) is 80.4 Å². The summed E-state index contributed by atoms with van der Waals surface area (Å²) in [7, 11) is 1.82. The first kappa shape index (κ1) is 25.5. The molecule has 178 valence electrons. The van der Waals surface area contributed by atoms with Crippen LogP contribution in [0, 0.1) is 5.92 Å². The molecule has 3 aliphatic rings. The van der Waals surface area contributed by atoms with Crippen LogP contribution in [0.4, 0.5) is 0 Å². The molecule has 6 nitrogen and oxygen atoms in total. The van der Waals surface area contributed by atoms with Crippen LogP contribution in [0.25, 0.3) is 0 Å². The van der Waals surface area contributed by atoms with E-state index in [1.54, 1.807) is 0 Å². The molecular weight excluding hydrogens is 535 g/mol. The number of benzene rings is 1. The Balaban J connectivity index is 0.00000289. The molecule has 0 radical (unpaired) electrons. The van der Waals surface area contributed by atoms with E-state index in [2.05, 4.69) is 38.7 Å². The van der Waals surface area contributed by atoms with Crippen LogP contribution in [-0.4, -0.2) is 60.6 Å². The van der Waals surface area contributed by atoms with Crippen molar-refractivity contribution in [2.75, 3.05) is 31.6 Å². The second kappa shape index (κ2) is 12.9. The predicted molar refractivity (Wildman–Crippen MR) is 143 cm³/mol. The second-order valence-electron chi connectivity index (χ2n) is 8.83. The van der Waals surface area contributed by atoms with Gasteiger partial charge in [0, 0.05) is 55.7 Å². The highest BCUT2D eigenvalue weighted by atomic mass is 127. The van der Waals surface area contributed by atoms with E-state index in [9.17, 15) is 4.79 Å². The van der Waals surface area contributed by atoms with Gasteiger partial charge in [-0.2, -0.15) is 11.8 Å². The van der Waals surface area contributed by atoms with Crippen molar-refractivity contribution >= 4 is 47.6 Å². The number of para-hydroxylation sites is 1. The molecule has 3 fully saturated rings. The zero-order valence-electron chi connectivity index (χ0n) is 19.1. The number of aliphatic imine (C=N–C) groups is 1. The molecule has 0 bridgehead atoms. The van der Waals surface area contributed by atoms with Crippen LogP contribution in [0.3, 0.4) is 0 Å². The van der Waals surface area contributed by atoms with E-state index >= 15 is 0 Å². The minimum absolute atomic E-state index is 0. The maximum absolute atomic E-state index is 12.8. The summed E-state index contributed by atoms with van der Waals surface area (Å²) in [5, 5.41) is 7.02. The van der Waals surface area contributed by atoms with Gasteiger partial charge in [0.1, 0.15) is 5.75 Å². The highest BCUT2D eigenvalue weighted by Crippen LogP contribution is 2.28. The molecule has 32 heavy (non-hydrogen) atoms. The lowest BCUT2D eigenvalue weighted by Gasteiger charge is -2.34. The first-order chi connectivity index (χ1) is 15.2. The molecule has 0 aromatic heterocycles. The summed E-state index contributed by atoms with van der Waals surface area (Å²) < 4.78 is 6.14. The topological polar surface area (TPSA) is 66.0 Å². The van der Waals surface area contributed by atoms with E-state index in [1.165, 1.54) is 6.42 Å². The number of nitrogens with one attached hydrogen (secondary N) is 2. The number of rotatable bonds is 6. The lowest BCUT2D eigenvalue weighted by Crippen LogP contribution is -2.47. The maximum Gasteiger partial charge on any atom is 0.225 e. The van der Waals surface area contributed by atoms with Crippen LogP contribution in [0.2, 0.25) is 0 Å². The van der Waals surface area contributed by atoms with Gasteiger partial charge < -0.3 is 20.3 Å². The number of carbonyl (C=O) groups excluding carboxylic acids is 1. The number of carbonyl (C=O) groups is 1. The molecule has 0 spiro atoms. The van der Waals surface area contributed by atoms with Crippen molar-refractivity contribution in [1.82, 2.24) is 15.5 Å². The molecule has 4 rings (SSSR count). The number of guanidine groups is 1. The zero-order valence-corrected chi connectivity index (χ0v) is 22.2. The van der Waals surface area contributed by atoms with E-state index in [4.69, 9.17) is 4.74 Å². The van der Waals surface area contributed by atoms with E-state index < -0.39 is 0 Å². The highest BCUT2D eigenvalue weighted by Gasteiger charge is 2.30. The Hall–Kier alpha value is -1.16. The SMILES string of the molecule is CN=C(NCc1ccccc1OC1CCC1)NC1CCC(C(=O)N2CCSCC2)CC1.I. The van der Waals surface area contributed by atoms with Gasteiger partial charge in [-0.15, -0.1) is 24.0 Å². The molecule has 8 heteroatoms. The summed E-state index contributed by atoms with van der Waals surface area (Å²) in [6, 6.07) is 8.64. The fourth-order valence-electron chi connectivity index (χ4n) is 4.53. The molecule has 1 aliphatic heterocycles. The third kappa shape index (κ3) is 6.92. The predicted octanol–water partition coefficient (Wildman–Crippen LogP) is 4.04. The monoisotopic (exact) mass is 572 g/mol. The first-order valence-corrected chi connectivity index (χ1v) is 13.0. The summed E-state index contributed by atoms with van der Waals surface area (Å²) >= 11 is 1.95. The van der Waals surface area contributed by atoms with Crippen molar-refractivity contribution in [3.05, 3.63) is 29.8 Å². The smallest absolute Gasteiger partial charge is 0.225 e. The Labute approximate surface area is 213 Å². The molecule has 1 amide bonds. The Bertz CT molecular complexity index is 760. The average molecular weight is 573 g/mol. The fourth-order valence-corrected chi connectivity index (χ4v) is 5.43. The minimum atomic E-state index is 0. The van der Waals surface area contributed by atoms with Crippen LogP contribution in [0.1, 0.15) is 50.5 Å². The van der Waals surface area contributed by atoms with E-state index in [0.29, 0.717) is 24.6 Å². The van der Waals surface area contributed by atoms with Crippen molar-refractivity contribution < 1.29 is 9.53 Å². The van der Waals surface area contributed by atoms with Crippen LogP contribution in [-0.2, 0) is 11.3 Å². The van der Waals surface area contributed by atoms with Gasteiger partial charge in [0.25, 0.3) is 0 Å². The van der Waals surface area contributed by atoms with Crippen molar-refractivity contribution in [3.8, 4) is 5.75 Å². The number of amides is 1. The molecular formula is C24H37IN4O2S. The summed E-state index contributed by atoms with van der Waals surface area (Å²) in [4.78, 5) is 19.3. The van der Waals surface area contributed by atoms with Crippen LogP contribution < -0.4 is 15.4 Å². The second-order valence-corrected chi connectivity index (χ2v) is 10.1. The van der Waals surface area contributed by atoms with Crippen molar-refractivity contribution in [2.45, 2.75) is 63.6 Å². The standard InChI is InChI=1S/C24H36N4O2S.HI/c1-25-24(26-17-19-5-2-3-8-22(19)30-21-6-4-7-21)27-20-11-9-18(10-12-20)23(29)28-13-15-31-16-14-28;/h2-3,5,8,18,20-21H,4,6-7,9-17H2,1H3,(H2,25,26,27);1H. The number of hydrogen-bond acceptors (Lipinski definition) is 4. The Morgan fingerprint density at radius 3 is 2.50 bits per heavy atom. The van der Waals surface area contributed by atoms with Gasteiger partial charge in [-0.3, -0.25) is 9.79 Å². The van der Waals surface area contributed by atoms with Crippen LogP contribution in [0.15, 0.2) is 29.3 Å². The van der Waals surface area contributed by atoms with Crippen LogP contribution >= 0.6 is 35.7 Å². The van der Waals surface area contributed by atoms with Gasteiger partial charge in [0.2, 0.25) is 5.91 Å². The Kier molecular flexibility index (Phi) is 10.3. The summed E-state index contributed by atoms with van der Waals surface area (Å²) in [6.07, 6.45) is 7.93. The average Bonchev–Trinajstić information content (AvgIpc) is 2.80. The van der Waals surface area contributed by atoms with Gasteiger partial charge >= 0.3 is 0 Å². The molecule has 2 aliphatic carbocycles. The van der Waals surface area contributed by atoms with Gasteiger partial charge in [0.05, 0.1) is 6.10 Å². The number of ether oxygens (including phenoxy) is 1. The molecule has 2 saturated carbocycles. The Morgan fingerprint density at radius 2 is 1.84 bits per heavy atom. The largest absolute Gasteiger partial charge is 0.490 e. The van der Waals surface area contributed by atoms with Gasteiger partial charge in [-0.25, -0.2) is 0 Å². The number of thioether (sulfide) groups is 1. The number of nitrogens with zero attached hydrogens (tertiary/aromatic N) is 2. The third-order valence-electron chi connectivity index (χ3n) is 6.73. The lowest BCUT2D eigenvalue weighted by atomic mass is 9.85. The van der Waals surface area contributed by atoms with E-state index in [1.807, 2.05) is 24.9 Å². The quantitative estimate of drug-likeness (QED) is 0.306. The maximum atomic E-state index is 12.8. The fraction of sp³-hybridized carbons (Fsp3) is 0.667. The van der Waals surface area contributed by atoms with E-state index in [-0.39, 0.29) is 29.9 Å². The summed E-state index contributed by atoms with van der Waals surface area (Å²) in [5.74, 6) is 4.54. The Morgan fingerprint density at radius 1 is 1.12 bits per heavy atom. The van der Waals surface area contributed by atoms with Gasteiger partial charge in [-0.05, 0) is 51.0 Å². The van der Waals surface area contributed by atoms with Gasteiger partial charge in [0.15, 0.2) is 5.96 Å². The molecule has 1 aromatic carbocycles. The lowest BCUT2D eigenvalue weighted by molar-refractivity contribution is -0.136. The van der Waals surface area contributed by atoms with Crippen LogP contribution in [0.5, 0.6) is 5.75 Å². The molecule has 1 saturated heterocycles. The highest BCUT2D eigenvalue weighted by molar-refractivity contribution is 14.0. The molecule has 0 unspecified atom stereocenters.